The van der Waals surface area contributed by atoms with Gasteiger partial charge < -0.3 is 18.6 Å². The molecule has 2 bridgehead atoms. The van der Waals surface area contributed by atoms with Crippen molar-refractivity contribution in [2.24, 2.45) is 11.8 Å². The Hall–Kier alpha value is -4.50. The Balaban J connectivity index is 1.53. The van der Waals surface area contributed by atoms with E-state index in [1.807, 2.05) is 12.1 Å². The van der Waals surface area contributed by atoms with Gasteiger partial charge in [0.25, 0.3) is 11.8 Å². The zero-order valence-electron chi connectivity index (χ0n) is 24.6. The smallest absolute Gasteiger partial charge is 0.259 e. The lowest BCUT2D eigenvalue weighted by Gasteiger charge is -2.50. The summed E-state index contributed by atoms with van der Waals surface area (Å²) in [6.45, 7) is 1.88. The van der Waals surface area contributed by atoms with E-state index in [9.17, 15) is 9.59 Å². The number of carbonyl (C=O) groups is 2. The second-order valence-electron chi connectivity index (χ2n) is 12.4. The van der Waals surface area contributed by atoms with Crippen molar-refractivity contribution >= 4 is 55.4 Å². The number of nitrogens with zero attached hydrogens (tertiary/aromatic N) is 3. The Morgan fingerprint density at radius 2 is 1.16 bits per heavy atom. The number of para-hydroxylation sites is 2. The maximum atomic E-state index is 13.7. The molecule has 0 radical (unpaired) electrons. The molecule has 9 rings (SSSR count). The molecule has 8 heteroatoms. The zero-order chi connectivity index (χ0) is 29.7. The number of carbonyl (C=O) groups excluding carboxylic acids is 2. The van der Waals surface area contributed by atoms with Crippen molar-refractivity contribution in [3.63, 3.8) is 0 Å². The van der Waals surface area contributed by atoms with E-state index in [0.717, 1.165) is 50.0 Å². The highest BCUT2D eigenvalue weighted by atomic mass is 16.5. The van der Waals surface area contributed by atoms with Crippen LogP contribution in [-0.2, 0) is 16.0 Å². The van der Waals surface area contributed by atoms with E-state index in [1.54, 1.807) is 14.2 Å². The molecule has 220 valence electrons. The van der Waals surface area contributed by atoms with Crippen LogP contribution in [0.25, 0.3) is 43.6 Å². The van der Waals surface area contributed by atoms with Gasteiger partial charge in [0.2, 0.25) is 0 Å². The fourth-order valence-electron chi connectivity index (χ4n) is 8.75. The molecule has 2 aromatic heterocycles. The number of ether oxygens (including phenoxy) is 2. The van der Waals surface area contributed by atoms with Crippen LogP contribution in [0.15, 0.2) is 78.9 Å². The van der Waals surface area contributed by atoms with Crippen LogP contribution >= 0.6 is 0 Å². The SMILES string of the molecule is COCC1CC(COC)[C@H]2N(Cc3ccccc3)[C@@H]1n1c3ccccc3c3c4c(c5c6ccccc6n2c5c31)C(=O)NC4=O. The summed E-state index contributed by atoms with van der Waals surface area (Å²) < 4.78 is 16.8. The van der Waals surface area contributed by atoms with Gasteiger partial charge in [0.15, 0.2) is 0 Å². The van der Waals surface area contributed by atoms with Gasteiger partial charge in [0, 0.05) is 54.1 Å². The van der Waals surface area contributed by atoms with Gasteiger partial charge in [-0.2, -0.15) is 0 Å². The number of imide groups is 1. The largest absolute Gasteiger partial charge is 0.384 e. The van der Waals surface area contributed by atoms with Gasteiger partial charge in [0.05, 0.1) is 58.7 Å². The van der Waals surface area contributed by atoms with Crippen LogP contribution in [0.5, 0.6) is 0 Å². The topological polar surface area (TPSA) is 77.7 Å². The molecular weight excluding hydrogens is 552 g/mol. The van der Waals surface area contributed by atoms with Crippen molar-refractivity contribution in [1.29, 1.82) is 0 Å². The third-order valence-corrected chi connectivity index (χ3v) is 10.1. The monoisotopic (exact) mass is 584 g/mol. The first kappa shape index (κ1) is 25.9. The minimum absolute atomic E-state index is 0.0734. The van der Waals surface area contributed by atoms with Gasteiger partial charge in [-0.25, -0.2) is 0 Å². The first-order chi connectivity index (χ1) is 21.6. The molecule has 1 saturated heterocycles. The number of nitrogens with one attached hydrogen (secondary N) is 1. The first-order valence-electron chi connectivity index (χ1n) is 15.3. The highest BCUT2D eigenvalue weighted by molar-refractivity contribution is 6.39. The molecule has 2 amide bonds. The highest BCUT2D eigenvalue weighted by Crippen LogP contribution is 2.55. The van der Waals surface area contributed by atoms with E-state index in [1.165, 1.54) is 5.56 Å². The van der Waals surface area contributed by atoms with Gasteiger partial charge in [-0.15, -0.1) is 0 Å². The average molecular weight is 585 g/mol. The molecule has 4 aromatic carbocycles. The first-order valence-corrected chi connectivity index (χ1v) is 15.3. The predicted octanol–water partition coefficient (Wildman–Crippen LogP) is 6.23. The Bertz CT molecular complexity index is 2030. The number of aromatic nitrogens is 2. The van der Waals surface area contributed by atoms with Gasteiger partial charge in [0.1, 0.15) is 0 Å². The van der Waals surface area contributed by atoms with Crippen LogP contribution in [0.3, 0.4) is 0 Å². The maximum Gasteiger partial charge on any atom is 0.259 e. The molecule has 2 unspecified atom stereocenters. The summed E-state index contributed by atoms with van der Waals surface area (Å²) in [5, 5.41) is 6.32. The van der Waals surface area contributed by atoms with Crippen molar-refractivity contribution in [2.75, 3.05) is 27.4 Å². The van der Waals surface area contributed by atoms with Crippen molar-refractivity contribution in [1.82, 2.24) is 19.4 Å². The van der Waals surface area contributed by atoms with E-state index in [2.05, 4.69) is 86.1 Å². The van der Waals surface area contributed by atoms with Gasteiger partial charge >= 0.3 is 0 Å². The van der Waals surface area contributed by atoms with Crippen LogP contribution in [0.4, 0.5) is 0 Å². The Morgan fingerprint density at radius 3 is 1.66 bits per heavy atom. The number of hydrogen-bond donors (Lipinski definition) is 1. The average Bonchev–Trinajstić information content (AvgIpc) is 3.63. The normalized spacial score (nSPS) is 22.9. The lowest BCUT2D eigenvalue weighted by atomic mass is 9.84. The summed E-state index contributed by atoms with van der Waals surface area (Å²) in [5.41, 5.74) is 6.31. The molecule has 5 heterocycles. The molecule has 8 nitrogen and oxygen atoms in total. The molecular formula is C36H32N4O4. The second kappa shape index (κ2) is 9.50. The summed E-state index contributed by atoms with van der Waals surface area (Å²) >= 11 is 0. The zero-order valence-corrected chi connectivity index (χ0v) is 24.6. The number of hydrogen-bond acceptors (Lipinski definition) is 5. The van der Waals surface area contributed by atoms with Gasteiger partial charge in [-0.05, 0) is 24.1 Å². The van der Waals surface area contributed by atoms with Crippen LogP contribution in [0, 0.1) is 11.8 Å². The van der Waals surface area contributed by atoms with E-state index in [0.29, 0.717) is 30.9 Å². The Morgan fingerprint density at radius 1 is 0.682 bits per heavy atom. The fourth-order valence-corrected chi connectivity index (χ4v) is 8.75. The Kier molecular flexibility index (Phi) is 5.60. The van der Waals surface area contributed by atoms with E-state index in [-0.39, 0.29) is 36.0 Å². The molecule has 4 atom stereocenters. The minimum atomic E-state index is -0.328. The number of fused-ring (bicyclic) bond motifs is 13. The summed E-state index contributed by atoms with van der Waals surface area (Å²) in [5.74, 6) is -0.362. The number of amides is 2. The summed E-state index contributed by atoms with van der Waals surface area (Å²) in [6, 6.07) is 27.3. The molecule has 1 fully saturated rings. The van der Waals surface area contributed by atoms with Crippen LogP contribution in [0.1, 0.15) is 45.0 Å². The molecule has 3 aliphatic heterocycles. The lowest BCUT2D eigenvalue weighted by molar-refractivity contribution is -0.101. The second-order valence-corrected chi connectivity index (χ2v) is 12.4. The molecule has 44 heavy (non-hydrogen) atoms. The quantitative estimate of drug-likeness (QED) is 0.235. The molecule has 0 spiro atoms. The number of methoxy groups -OCH3 is 2. The lowest BCUT2D eigenvalue weighted by Crippen LogP contribution is -2.50. The molecule has 3 aliphatic rings. The van der Waals surface area contributed by atoms with Crippen LogP contribution in [0.2, 0.25) is 0 Å². The van der Waals surface area contributed by atoms with Crippen LogP contribution in [-0.4, -0.2) is 53.3 Å². The molecule has 0 saturated carbocycles. The molecule has 6 aromatic rings. The summed E-state index contributed by atoms with van der Waals surface area (Å²) in [4.78, 5) is 30.0. The number of piperidine rings is 1. The fraction of sp³-hybridized carbons (Fsp3) is 0.278. The van der Waals surface area contributed by atoms with E-state index in [4.69, 9.17) is 9.47 Å². The number of rotatable bonds is 6. The standard InChI is InChI=1S/C36H32N4O4/c1-43-18-21-16-22(19-44-2)36-38(17-20-10-4-3-5-11-20)35(21)39-25-14-8-6-12-23(25)27-29-30(34(42)37-33(29)41)28-24-13-7-9-15-26(24)40(36)32(28)31(27)39/h3-15,21-22,35-36H,16-19H2,1-2H3,(H,37,41,42)/t21?,22?,35-,36+. The summed E-state index contributed by atoms with van der Waals surface area (Å²) in [7, 11) is 3.55. The van der Waals surface area contributed by atoms with Crippen LogP contribution < -0.4 is 5.32 Å². The van der Waals surface area contributed by atoms with Crippen molar-refractivity contribution < 1.29 is 19.1 Å². The number of benzene rings is 4. The highest BCUT2D eigenvalue weighted by Gasteiger charge is 2.50. The third-order valence-electron chi connectivity index (χ3n) is 10.1. The molecule has 1 N–H and O–H groups in total. The van der Waals surface area contributed by atoms with Gasteiger partial charge in [-0.1, -0.05) is 66.7 Å². The van der Waals surface area contributed by atoms with E-state index < -0.39 is 0 Å². The van der Waals surface area contributed by atoms with E-state index >= 15 is 0 Å². The van der Waals surface area contributed by atoms with Crippen molar-refractivity contribution in [3.05, 3.63) is 95.6 Å². The Labute approximate surface area is 253 Å². The molecule has 0 aliphatic carbocycles. The van der Waals surface area contributed by atoms with Gasteiger partial charge in [-0.3, -0.25) is 19.8 Å². The van der Waals surface area contributed by atoms with Crippen molar-refractivity contribution in [3.8, 4) is 0 Å². The third kappa shape index (κ3) is 3.28. The minimum Gasteiger partial charge on any atom is -0.384 e. The van der Waals surface area contributed by atoms with Crippen molar-refractivity contribution in [2.45, 2.75) is 25.3 Å². The predicted molar refractivity (Wildman–Crippen MR) is 170 cm³/mol. The maximum absolute atomic E-state index is 13.7. The summed E-state index contributed by atoms with van der Waals surface area (Å²) in [6.07, 6.45) is 0.753.